The minimum Gasteiger partial charge on any atom is -0.311 e. The van der Waals surface area contributed by atoms with Crippen molar-refractivity contribution in [2.24, 2.45) is 5.41 Å². The molecule has 2 unspecified atom stereocenters. The SMILES string of the molecule is Cc1cc2nc3c(nc2cc1C)C1(C(=O)N2CCc4ccccc42)CCC3(C)C1(C)C. The lowest BCUT2D eigenvalue weighted by Gasteiger charge is -2.41. The molecule has 1 saturated carbocycles. The summed E-state index contributed by atoms with van der Waals surface area (Å²) in [6.07, 6.45) is 2.73. The molecule has 6 rings (SSSR count). The van der Waals surface area contributed by atoms with Crippen LogP contribution in [0.1, 0.15) is 61.7 Å². The highest BCUT2D eigenvalue weighted by Crippen LogP contribution is 2.70. The Morgan fingerprint density at radius 1 is 0.935 bits per heavy atom. The van der Waals surface area contributed by atoms with Crippen LogP contribution >= 0.6 is 0 Å². The van der Waals surface area contributed by atoms with Gasteiger partial charge in [0.05, 0.1) is 27.8 Å². The molecule has 3 aromatic rings. The van der Waals surface area contributed by atoms with Gasteiger partial charge in [0.1, 0.15) is 0 Å². The maximum Gasteiger partial charge on any atom is 0.239 e. The van der Waals surface area contributed by atoms with Gasteiger partial charge in [-0.25, -0.2) is 9.97 Å². The van der Waals surface area contributed by atoms with Crippen LogP contribution in [0.15, 0.2) is 36.4 Å². The number of carbonyl (C=O) groups is 1. The zero-order chi connectivity index (χ0) is 21.8. The van der Waals surface area contributed by atoms with Crippen LogP contribution in [0.25, 0.3) is 11.0 Å². The first-order valence-corrected chi connectivity index (χ1v) is 11.4. The number of carbonyl (C=O) groups excluding carboxylic acids is 1. The summed E-state index contributed by atoms with van der Waals surface area (Å²) in [5.41, 5.74) is 7.56. The molecule has 158 valence electrons. The van der Waals surface area contributed by atoms with Crippen molar-refractivity contribution >= 4 is 22.6 Å². The van der Waals surface area contributed by atoms with E-state index in [2.05, 4.69) is 65.0 Å². The fourth-order valence-corrected chi connectivity index (χ4v) is 6.61. The van der Waals surface area contributed by atoms with E-state index in [1.807, 2.05) is 11.0 Å². The second-order valence-electron chi connectivity index (χ2n) is 10.5. The first-order valence-electron chi connectivity index (χ1n) is 11.4. The maximum absolute atomic E-state index is 14.4. The number of rotatable bonds is 1. The van der Waals surface area contributed by atoms with Gasteiger partial charge in [-0.3, -0.25) is 4.79 Å². The predicted octanol–water partition coefficient (Wildman–Crippen LogP) is 5.17. The molecule has 0 spiro atoms. The summed E-state index contributed by atoms with van der Waals surface area (Å²) in [5.74, 6) is 0.211. The van der Waals surface area contributed by atoms with E-state index in [1.54, 1.807) is 0 Å². The number of anilines is 1. The molecule has 1 aromatic heterocycles. The van der Waals surface area contributed by atoms with Crippen LogP contribution in [0.2, 0.25) is 0 Å². The number of para-hydroxylation sites is 1. The molecule has 2 aliphatic carbocycles. The third kappa shape index (κ3) is 2.04. The Bertz CT molecular complexity index is 1290. The highest BCUT2D eigenvalue weighted by atomic mass is 16.2. The zero-order valence-electron chi connectivity index (χ0n) is 19.0. The van der Waals surface area contributed by atoms with E-state index in [4.69, 9.17) is 9.97 Å². The number of nitrogens with zero attached hydrogens (tertiary/aromatic N) is 3. The molecule has 0 N–H and O–H groups in total. The Labute approximate surface area is 183 Å². The number of aryl methyl sites for hydroxylation is 2. The van der Waals surface area contributed by atoms with Gasteiger partial charge in [-0.05, 0) is 73.4 Å². The molecule has 1 amide bonds. The summed E-state index contributed by atoms with van der Waals surface area (Å²) in [7, 11) is 0. The van der Waals surface area contributed by atoms with Gasteiger partial charge in [-0.15, -0.1) is 0 Å². The van der Waals surface area contributed by atoms with Gasteiger partial charge in [-0.2, -0.15) is 0 Å². The van der Waals surface area contributed by atoms with Crippen LogP contribution in [0.4, 0.5) is 5.69 Å². The first kappa shape index (κ1) is 19.0. The lowest BCUT2D eigenvalue weighted by Crippen LogP contribution is -2.52. The van der Waals surface area contributed by atoms with Gasteiger partial charge in [0.25, 0.3) is 0 Å². The fraction of sp³-hybridized carbons (Fsp3) is 0.444. The molecular formula is C27H29N3O. The van der Waals surface area contributed by atoms with Crippen LogP contribution in [0, 0.1) is 19.3 Å². The highest BCUT2D eigenvalue weighted by molar-refractivity contribution is 6.05. The Kier molecular flexibility index (Phi) is 3.51. The average Bonchev–Trinajstić information content (AvgIpc) is 3.30. The third-order valence-electron chi connectivity index (χ3n) is 9.15. The molecule has 2 aromatic carbocycles. The van der Waals surface area contributed by atoms with Gasteiger partial charge in [0, 0.05) is 17.6 Å². The molecule has 3 aliphatic rings. The van der Waals surface area contributed by atoms with Crippen LogP contribution in [0.5, 0.6) is 0 Å². The van der Waals surface area contributed by atoms with Gasteiger partial charge in [0.15, 0.2) is 0 Å². The van der Waals surface area contributed by atoms with E-state index in [1.165, 1.54) is 16.7 Å². The Hall–Kier alpha value is -2.75. The molecule has 4 nitrogen and oxygen atoms in total. The van der Waals surface area contributed by atoms with Crippen molar-refractivity contribution in [2.45, 2.75) is 64.7 Å². The average molecular weight is 412 g/mol. The third-order valence-corrected chi connectivity index (χ3v) is 9.15. The molecule has 0 saturated heterocycles. The van der Waals surface area contributed by atoms with E-state index in [-0.39, 0.29) is 16.7 Å². The largest absolute Gasteiger partial charge is 0.311 e. The quantitative estimate of drug-likeness (QED) is 0.555. The van der Waals surface area contributed by atoms with E-state index in [9.17, 15) is 4.79 Å². The Morgan fingerprint density at radius 3 is 2.29 bits per heavy atom. The number of fused-ring (bicyclic) bond motifs is 7. The van der Waals surface area contributed by atoms with Crippen molar-refractivity contribution in [3.05, 3.63) is 64.5 Å². The van der Waals surface area contributed by atoms with Crippen molar-refractivity contribution in [1.82, 2.24) is 9.97 Å². The first-order chi connectivity index (χ1) is 14.7. The van der Waals surface area contributed by atoms with Crippen molar-refractivity contribution in [3.63, 3.8) is 0 Å². The topological polar surface area (TPSA) is 46.1 Å². The lowest BCUT2D eigenvalue weighted by molar-refractivity contribution is -0.127. The van der Waals surface area contributed by atoms with Gasteiger partial charge >= 0.3 is 0 Å². The van der Waals surface area contributed by atoms with Crippen LogP contribution < -0.4 is 4.90 Å². The summed E-state index contributed by atoms with van der Waals surface area (Å²) < 4.78 is 0. The molecule has 2 atom stereocenters. The summed E-state index contributed by atoms with van der Waals surface area (Å²) in [5, 5.41) is 0. The molecule has 0 radical (unpaired) electrons. The van der Waals surface area contributed by atoms with Gasteiger partial charge < -0.3 is 4.90 Å². The van der Waals surface area contributed by atoms with Gasteiger partial charge in [0.2, 0.25) is 5.91 Å². The predicted molar refractivity (Wildman–Crippen MR) is 124 cm³/mol. The molecule has 2 heterocycles. The molecule has 1 fully saturated rings. The Morgan fingerprint density at radius 2 is 1.58 bits per heavy atom. The van der Waals surface area contributed by atoms with Crippen molar-refractivity contribution in [3.8, 4) is 0 Å². The number of amides is 1. The molecule has 4 heteroatoms. The van der Waals surface area contributed by atoms with Crippen LogP contribution in [0.3, 0.4) is 0 Å². The summed E-state index contributed by atoms with van der Waals surface area (Å²) in [4.78, 5) is 26.8. The molecular weight excluding hydrogens is 382 g/mol. The Balaban J connectivity index is 1.60. The smallest absolute Gasteiger partial charge is 0.239 e. The highest BCUT2D eigenvalue weighted by Gasteiger charge is 2.73. The maximum atomic E-state index is 14.4. The zero-order valence-corrected chi connectivity index (χ0v) is 19.0. The van der Waals surface area contributed by atoms with Crippen LogP contribution in [-0.4, -0.2) is 22.4 Å². The van der Waals surface area contributed by atoms with Crippen molar-refractivity contribution < 1.29 is 4.79 Å². The van der Waals surface area contributed by atoms with Crippen molar-refractivity contribution in [1.29, 1.82) is 0 Å². The second kappa shape index (κ2) is 5.73. The van der Waals surface area contributed by atoms with E-state index in [0.717, 1.165) is 53.9 Å². The minimum absolute atomic E-state index is 0.156. The summed E-state index contributed by atoms with van der Waals surface area (Å²) in [6.45, 7) is 11.8. The van der Waals surface area contributed by atoms with Gasteiger partial charge in [-0.1, -0.05) is 39.0 Å². The number of hydrogen-bond donors (Lipinski definition) is 0. The van der Waals surface area contributed by atoms with Crippen LogP contribution in [-0.2, 0) is 22.0 Å². The summed E-state index contributed by atoms with van der Waals surface area (Å²) in [6, 6.07) is 12.6. The number of hydrogen-bond acceptors (Lipinski definition) is 3. The van der Waals surface area contributed by atoms with E-state index >= 15 is 0 Å². The molecule has 31 heavy (non-hydrogen) atoms. The fourth-order valence-electron chi connectivity index (χ4n) is 6.61. The van der Waals surface area contributed by atoms with E-state index in [0.29, 0.717) is 0 Å². The monoisotopic (exact) mass is 411 g/mol. The second-order valence-corrected chi connectivity index (χ2v) is 10.5. The number of benzene rings is 2. The van der Waals surface area contributed by atoms with E-state index < -0.39 is 5.41 Å². The normalized spacial score (nSPS) is 27.6. The minimum atomic E-state index is -0.630. The molecule has 2 bridgehead atoms. The van der Waals surface area contributed by atoms with Crippen molar-refractivity contribution in [2.75, 3.05) is 11.4 Å². The number of aromatic nitrogens is 2. The lowest BCUT2D eigenvalue weighted by atomic mass is 9.63. The molecule has 1 aliphatic heterocycles. The standard InChI is InChI=1S/C27H29N3O/c1-16-14-19-20(15-17(16)2)29-23-22(28-19)26(5)11-12-27(23,25(26,3)4)24(31)30-13-10-18-8-6-7-9-21(18)30/h6-9,14-15H,10-13H2,1-5H3. The summed E-state index contributed by atoms with van der Waals surface area (Å²) >= 11 is 0.